The summed E-state index contributed by atoms with van der Waals surface area (Å²) in [7, 11) is 4.51. The maximum atomic E-state index is 11.9. The highest BCUT2D eigenvalue weighted by atomic mass is 16.5. The minimum Gasteiger partial charge on any atom is -0.493 e. The van der Waals surface area contributed by atoms with Crippen molar-refractivity contribution in [3.05, 3.63) is 12.1 Å². The van der Waals surface area contributed by atoms with E-state index in [0.29, 0.717) is 36.0 Å². The lowest BCUT2D eigenvalue weighted by Crippen LogP contribution is -2.13. The largest absolute Gasteiger partial charge is 0.493 e. The van der Waals surface area contributed by atoms with Gasteiger partial charge in [-0.05, 0) is 13.3 Å². The fourth-order valence-corrected chi connectivity index (χ4v) is 2.00. The van der Waals surface area contributed by atoms with E-state index in [0.717, 1.165) is 0 Å². The van der Waals surface area contributed by atoms with Crippen LogP contribution in [0.5, 0.6) is 17.2 Å². The quantitative estimate of drug-likeness (QED) is 0.702. The van der Waals surface area contributed by atoms with Gasteiger partial charge in [0.25, 0.3) is 0 Å². The number of hydrogen-bond acceptors (Lipinski definition) is 6. The minimum atomic E-state index is -0.298. The van der Waals surface area contributed by atoms with E-state index in [4.69, 9.17) is 18.9 Å². The highest BCUT2D eigenvalue weighted by molar-refractivity contribution is 5.91. The van der Waals surface area contributed by atoms with Gasteiger partial charge in [-0.15, -0.1) is 0 Å². The molecule has 1 amide bonds. The van der Waals surface area contributed by atoms with Crippen LogP contribution in [0.4, 0.5) is 5.69 Å². The van der Waals surface area contributed by atoms with Gasteiger partial charge in [-0.2, -0.15) is 0 Å². The molecule has 0 fully saturated rings. The Morgan fingerprint density at radius 3 is 2.09 bits per heavy atom. The lowest BCUT2D eigenvalue weighted by atomic mass is 10.2. The first-order valence-electron chi connectivity index (χ1n) is 7.31. The van der Waals surface area contributed by atoms with Crippen molar-refractivity contribution in [2.75, 3.05) is 33.3 Å². The van der Waals surface area contributed by atoms with Crippen molar-refractivity contribution in [3.63, 3.8) is 0 Å². The first-order valence-corrected chi connectivity index (χ1v) is 7.31. The fraction of sp³-hybridized carbons (Fsp3) is 0.500. The van der Waals surface area contributed by atoms with Crippen molar-refractivity contribution in [1.29, 1.82) is 0 Å². The molecule has 0 aliphatic carbocycles. The Morgan fingerprint density at radius 1 is 1.00 bits per heavy atom. The van der Waals surface area contributed by atoms with E-state index in [2.05, 4.69) is 5.32 Å². The molecule has 0 saturated carbocycles. The zero-order valence-electron chi connectivity index (χ0n) is 13.9. The van der Waals surface area contributed by atoms with Crippen molar-refractivity contribution in [2.24, 2.45) is 0 Å². The molecule has 0 radical (unpaired) electrons. The second-order valence-electron chi connectivity index (χ2n) is 4.62. The first kappa shape index (κ1) is 18.6. The van der Waals surface area contributed by atoms with Crippen LogP contribution >= 0.6 is 0 Å². The Balaban J connectivity index is 2.66. The van der Waals surface area contributed by atoms with Gasteiger partial charge >= 0.3 is 5.97 Å². The van der Waals surface area contributed by atoms with Crippen LogP contribution in [0, 0.1) is 0 Å². The summed E-state index contributed by atoms with van der Waals surface area (Å²) in [5, 5.41) is 2.74. The first-order chi connectivity index (χ1) is 11.0. The highest BCUT2D eigenvalue weighted by Gasteiger charge is 2.14. The van der Waals surface area contributed by atoms with E-state index >= 15 is 0 Å². The number of ether oxygens (including phenoxy) is 4. The molecule has 1 aromatic carbocycles. The van der Waals surface area contributed by atoms with E-state index in [9.17, 15) is 9.59 Å². The Morgan fingerprint density at radius 2 is 1.61 bits per heavy atom. The molecular formula is C16H23NO6. The van der Waals surface area contributed by atoms with Gasteiger partial charge in [0.1, 0.15) is 0 Å². The summed E-state index contributed by atoms with van der Waals surface area (Å²) in [5.74, 6) is 0.856. The number of anilines is 1. The average Bonchev–Trinajstić information content (AvgIpc) is 2.54. The van der Waals surface area contributed by atoms with Crippen LogP contribution in [-0.4, -0.2) is 39.8 Å². The molecule has 0 saturated heterocycles. The average molecular weight is 325 g/mol. The second-order valence-corrected chi connectivity index (χ2v) is 4.62. The van der Waals surface area contributed by atoms with Crippen LogP contribution in [0.2, 0.25) is 0 Å². The number of amides is 1. The topological polar surface area (TPSA) is 83.1 Å². The van der Waals surface area contributed by atoms with Gasteiger partial charge in [-0.25, -0.2) is 0 Å². The Hall–Kier alpha value is -2.44. The van der Waals surface area contributed by atoms with E-state index in [1.807, 2.05) is 0 Å². The van der Waals surface area contributed by atoms with E-state index < -0.39 is 0 Å². The van der Waals surface area contributed by atoms with Crippen molar-refractivity contribution in [3.8, 4) is 17.2 Å². The zero-order valence-corrected chi connectivity index (χ0v) is 13.9. The fourth-order valence-electron chi connectivity index (χ4n) is 2.00. The summed E-state index contributed by atoms with van der Waals surface area (Å²) in [6.45, 7) is 2.09. The van der Waals surface area contributed by atoms with Gasteiger partial charge in [0.2, 0.25) is 11.7 Å². The Kier molecular flexibility index (Phi) is 7.73. The Labute approximate surface area is 135 Å². The number of nitrogens with one attached hydrogen (secondary N) is 1. The number of carbonyl (C=O) groups is 2. The highest BCUT2D eigenvalue weighted by Crippen LogP contribution is 2.39. The minimum absolute atomic E-state index is 0.205. The predicted octanol–water partition coefficient (Wildman–Crippen LogP) is 2.38. The lowest BCUT2D eigenvalue weighted by molar-refractivity contribution is -0.143. The third-order valence-corrected chi connectivity index (χ3v) is 3.04. The van der Waals surface area contributed by atoms with E-state index in [1.54, 1.807) is 19.1 Å². The molecule has 0 atom stereocenters. The molecule has 128 valence electrons. The number of carbonyl (C=O) groups excluding carboxylic acids is 2. The van der Waals surface area contributed by atoms with Crippen LogP contribution in [0.3, 0.4) is 0 Å². The van der Waals surface area contributed by atoms with Crippen LogP contribution in [-0.2, 0) is 14.3 Å². The molecule has 0 aromatic heterocycles. The SMILES string of the molecule is CCOC(=O)CCCC(=O)Nc1cc(OC)c(OC)c(OC)c1. The number of benzene rings is 1. The van der Waals surface area contributed by atoms with Gasteiger partial charge in [0, 0.05) is 30.7 Å². The van der Waals surface area contributed by atoms with Crippen LogP contribution in [0.15, 0.2) is 12.1 Å². The molecule has 0 spiro atoms. The summed E-state index contributed by atoms with van der Waals surface area (Å²) in [4.78, 5) is 23.1. The number of methoxy groups -OCH3 is 3. The predicted molar refractivity (Wildman–Crippen MR) is 85.2 cm³/mol. The maximum absolute atomic E-state index is 11.9. The summed E-state index contributed by atoms with van der Waals surface area (Å²) in [6, 6.07) is 3.29. The van der Waals surface area contributed by atoms with Crippen molar-refractivity contribution in [2.45, 2.75) is 26.2 Å². The summed E-state index contributed by atoms with van der Waals surface area (Å²) >= 11 is 0. The molecule has 23 heavy (non-hydrogen) atoms. The molecular weight excluding hydrogens is 302 g/mol. The lowest BCUT2D eigenvalue weighted by Gasteiger charge is -2.14. The number of esters is 1. The molecule has 1 aromatic rings. The van der Waals surface area contributed by atoms with Crippen LogP contribution in [0.25, 0.3) is 0 Å². The normalized spacial score (nSPS) is 9.91. The molecule has 0 heterocycles. The summed E-state index contributed by atoms with van der Waals surface area (Å²) < 4.78 is 20.5. The molecule has 0 bridgehead atoms. The van der Waals surface area contributed by atoms with Crippen molar-refractivity contribution < 1.29 is 28.5 Å². The maximum Gasteiger partial charge on any atom is 0.305 e. The summed E-state index contributed by atoms with van der Waals surface area (Å²) in [5.41, 5.74) is 0.528. The molecule has 7 heteroatoms. The standard InChI is InChI=1S/C16H23NO6/c1-5-23-15(19)8-6-7-14(18)17-11-9-12(20-2)16(22-4)13(10-11)21-3/h9-10H,5-8H2,1-4H3,(H,17,18). The monoisotopic (exact) mass is 325 g/mol. The molecule has 0 aliphatic heterocycles. The van der Waals surface area contributed by atoms with Crippen LogP contribution < -0.4 is 19.5 Å². The van der Waals surface area contributed by atoms with Crippen molar-refractivity contribution in [1.82, 2.24) is 0 Å². The van der Waals surface area contributed by atoms with E-state index in [1.165, 1.54) is 21.3 Å². The molecule has 7 nitrogen and oxygen atoms in total. The number of hydrogen-bond donors (Lipinski definition) is 1. The third kappa shape index (κ3) is 5.69. The van der Waals surface area contributed by atoms with Crippen molar-refractivity contribution >= 4 is 17.6 Å². The third-order valence-electron chi connectivity index (χ3n) is 3.04. The second kappa shape index (κ2) is 9.55. The smallest absolute Gasteiger partial charge is 0.305 e. The van der Waals surface area contributed by atoms with Gasteiger partial charge in [-0.3, -0.25) is 9.59 Å². The summed E-state index contributed by atoms with van der Waals surface area (Å²) in [6.07, 6.45) is 0.862. The Bertz CT molecular complexity index is 518. The van der Waals surface area contributed by atoms with Gasteiger partial charge in [0.05, 0.1) is 27.9 Å². The number of rotatable bonds is 9. The van der Waals surface area contributed by atoms with Gasteiger partial charge < -0.3 is 24.3 Å². The molecule has 0 unspecified atom stereocenters. The van der Waals surface area contributed by atoms with E-state index in [-0.39, 0.29) is 24.7 Å². The zero-order chi connectivity index (χ0) is 17.2. The molecule has 1 N–H and O–H groups in total. The van der Waals surface area contributed by atoms with Crippen LogP contribution in [0.1, 0.15) is 26.2 Å². The molecule has 1 rings (SSSR count). The van der Waals surface area contributed by atoms with Gasteiger partial charge in [0.15, 0.2) is 11.5 Å². The van der Waals surface area contributed by atoms with Gasteiger partial charge in [-0.1, -0.05) is 0 Å². The molecule has 0 aliphatic rings.